The molecule has 21 heavy (non-hydrogen) atoms. The second-order valence-corrected chi connectivity index (χ2v) is 5.84. The Balaban J connectivity index is 2.13. The standard InChI is InChI=1S/C13H9Br2F3N2O/c14-8-2-4-11(12(5-8)21-13(16,17)18)20-7-10-3-1-9(15)6-19-10/h1-6,20H,7H2. The van der Waals surface area contributed by atoms with Gasteiger partial charge in [-0.3, -0.25) is 4.98 Å². The lowest BCUT2D eigenvalue weighted by atomic mass is 10.2. The van der Waals surface area contributed by atoms with Crippen molar-refractivity contribution in [1.82, 2.24) is 4.98 Å². The minimum absolute atomic E-state index is 0.236. The van der Waals surface area contributed by atoms with Gasteiger partial charge in [-0.25, -0.2) is 0 Å². The molecule has 0 amide bonds. The van der Waals surface area contributed by atoms with E-state index in [-0.39, 0.29) is 18.0 Å². The molecule has 8 heteroatoms. The fourth-order valence-electron chi connectivity index (χ4n) is 1.55. The van der Waals surface area contributed by atoms with E-state index >= 15 is 0 Å². The number of pyridine rings is 1. The Hall–Kier alpha value is -1.28. The van der Waals surface area contributed by atoms with Gasteiger partial charge in [-0.15, -0.1) is 13.2 Å². The van der Waals surface area contributed by atoms with E-state index in [1.165, 1.54) is 12.1 Å². The molecule has 0 aliphatic heterocycles. The zero-order valence-electron chi connectivity index (χ0n) is 10.4. The lowest BCUT2D eigenvalue weighted by Crippen LogP contribution is -2.18. The zero-order valence-corrected chi connectivity index (χ0v) is 13.6. The summed E-state index contributed by atoms with van der Waals surface area (Å²) in [6, 6.07) is 7.95. The summed E-state index contributed by atoms with van der Waals surface area (Å²) in [5, 5.41) is 2.88. The highest BCUT2D eigenvalue weighted by Crippen LogP contribution is 2.33. The largest absolute Gasteiger partial charge is 0.573 e. The van der Waals surface area contributed by atoms with Gasteiger partial charge in [0, 0.05) is 15.1 Å². The molecule has 1 aromatic carbocycles. The van der Waals surface area contributed by atoms with E-state index in [9.17, 15) is 13.2 Å². The average molecular weight is 426 g/mol. The number of hydrogen-bond acceptors (Lipinski definition) is 3. The fraction of sp³-hybridized carbons (Fsp3) is 0.154. The Morgan fingerprint density at radius 1 is 1.10 bits per heavy atom. The summed E-state index contributed by atoms with van der Waals surface area (Å²) in [5.41, 5.74) is 0.930. The zero-order chi connectivity index (χ0) is 15.5. The lowest BCUT2D eigenvalue weighted by molar-refractivity contribution is -0.274. The number of nitrogens with one attached hydrogen (secondary N) is 1. The molecule has 1 N–H and O–H groups in total. The first kappa shape index (κ1) is 16.1. The van der Waals surface area contributed by atoms with Gasteiger partial charge in [-0.1, -0.05) is 15.9 Å². The molecular formula is C13H9Br2F3N2O. The fourth-order valence-corrected chi connectivity index (χ4v) is 2.12. The number of hydrogen-bond donors (Lipinski definition) is 1. The Morgan fingerprint density at radius 2 is 1.81 bits per heavy atom. The number of halogens is 5. The Labute approximate surface area is 135 Å². The molecule has 0 saturated carbocycles. The van der Waals surface area contributed by atoms with Gasteiger partial charge in [0.05, 0.1) is 17.9 Å². The molecule has 0 unspecified atom stereocenters. The van der Waals surface area contributed by atoms with Crippen LogP contribution in [0.1, 0.15) is 5.69 Å². The van der Waals surface area contributed by atoms with Crippen molar-refractivity contribution in [2.75, 3.05) is 5.32 Å². The maximum absolute atomic E-state index is 12.4. The smallest absolute Gasteiger partial charge is 0.404 e. The van der Waals surface area contributed by atoms with Crippen LogP contribution in [-0.4, -0.2) is 11.3 Å². The van der Waals surface area contributed by atoms with Crippen molar-refractivity contribution in [3.8, 4) is 5.75 Å². The van der Waals surface area contributed by atoms with Crippen LogP contribution in [0.3, 0.4) is 0 Å². The Kier molecular flexibility index (Phi) is 5.10. The van der Waals surface area contributed by atoms with Crippen molar-refractivity contribution in [1.29, 1.82) is 0 Å². The van der Waals surface area contributed by atoms with Gasteiger partial charge < -0.3 is 10.1 Å². The van der Waals surface area contributed by atoms with Gasteiger partial charge in [0.2, 0.25) is 0 Å². The molecule has 3 nitrogen and oxygen atoms in total. The normalized spacial score (nSPS) is 11.3. The maximum atomic E-state index is 12.4. The predicted molar refractivity (Wildman–Crippen MR) is 80.1 cm³/mol. The van der Waals surface area contributed by atoms with E-state index in [4.69, 9.17) is 0 Å². The molecule has 0 saturated heterocycles. The minimum atomic E-state index is -4.74. The summed E-state index contributed by atoms with van der Waals surface area (Å²) in [6.45, 7) is 0.281. The second kappa shape index (κ2) is 6.65. The first-order chi connectivity index (χ1) is 9.83. The van der Waals surface area contributed by atoms with Crippen LogP contribution >= 0.6 is 31.9 Å². The van der Waals surface area contributed by atoms with Crippen molar-refractivity contribution in [3.63, 3.8) is 0 Å². The van der Waals surface area contributed by atoms with Gasteiger partial charge >= 0.3 is 6.36 Å². The second-order valence-electron chi connectivity index (χ2n) is 4.01. The summed E-state index contributed by atoms with van der Waals surface area (Å²) in [6.07, 6.45) is -3.13. The van der Waals surface area contributed by atoms with E-state index in [0.717, 1.165) is 4.47 Å². The van der Waals surface area contributed by atoms with Crippen LogP contribution in [0.15, 0.2) is 45.5 Å². The number of anilines is 1. The van der Waals surface area contributed by atoms with Crippen LogP contribution in [0.4, 0.5) is 18.9 Å². The van der Waals surface area contributed by atoms with Gasteiger partial charge in [-0.2, -0.15) is 0 Å². The molecular weight excluding hydrogens is 417 g/mol. The molecule has 0 aliphatic carbocycles. The van der Waals surface area contributed by atoms with Crippen LogP contribution in [0.5, 0.6) is 5.75 Å². The molecule has 1 aromatic heterocycles. The Bertz CT molecular complexity index is 618. The van der Waals surface area contributed by atoms with Crippen LogP contribution in [-0.2, 0) is 6.54 Å². The van der Waals surface area contributed by atoms with Crippen molar-refractivity contribution < 1.29 is 17.9 Å². The first-order valence-electron chi connectivity index (χ1n) is 5.73. The number of rotatable bonds is 4. The quantitative estimate of drug-likeness (QED) is 0.738. The van der Waals surface area contributed by atoms with Crippen molar-refractivity contribution >= 4 is 37.5 Å². The average Bonchev–Trinajstić information content (AvgIpc) is 2.38. The molecule has 0 radical (unpaired) electrons. The van der Waals surface area contributed by atoms with E-state index in [0.29, 0.717) is 10.2 Å². The van der Waals surface area contributed by atoms with E-state index in [2.05, 4.69) is 46.9 Å². The van der Waals surface area contributed by atoms with Gasteiger partial charge in [0.1, 0.15) is 0 Å². The molecule has 0 spiro atoms. The monoisotopic (exact) mass is 424 g/mol. The molecule has 112 valence electrons. The summed E-state index contributed by atoms with van der Waals surface area (Å²) in [4.78, 5) is 4.13. The number of benzene rings is 1. The van der Waals surface area contributed by atoms with E-state index in [1.807, 2.05) is 0 Å². The Morgan fingerprint density at radius 3 is 2.43 bits per heavy atom. The number of nitrogens with zero attached hydrogens (tertiary/aromatic N) is 1. The summed E-state index contributed by atoms with van der Waals surface area (Å²) >= 11 is 6.38. The van der Waals surface area contributed by atoms with E-state index < -0.39 is 6.36 Å². The van der Waals surface area contributed by atoms with Gasteiger partial charge in [0.25, 0.3) is 0 Å². The summed E-state index contributed by atoms with van der Waals surface area (Å²) in [5.74, 6) is -0.297. The van der Waals surface area contributed by atoms with Gasteiger partial charge in [-0.05, 0) is 46.3 Å². The highest BCUT2D eigenvalue weighted by atomic mass is 79.9. The third kappa shape index (κ3) is 5.20. The molecule has 0 bridgehead atoms. The molecule has 2 rings (SSSR count). The molecule has 0 atom stereocenters. The van der Waals surface area contributed by atoms with Gasteiger partial charge in [0.15, 0.2) is 5.75 Å². The van der Waals surface area contributed by atoms with Crippen LogP contribution in [0, 0.1) is 0 Å². The van der Waals surface area contributed by atoms with Crippen molar-refractivity contribution in [3.05, 3.63) is 51.2 Å². The topological polar surface area (TPSA) is 34.1 Å². The van der Waals surface area contributed by atoms with Crippen LogP contribution in [0.25, 0.3) is 0 Å². The predicted octanol–water partition coefficient (Wildman–Crippen LogP) is 5.12. The van der Waals surface area contributed by atoms with Crippen molar-refractivity contribution in [2.24, 2.45) is 0 Å². The molecule has 2 aromatic rings. The molecule has 0 aliphatic rings. The van der Waals surface area contributed by atoms with Crippen LogP contribution in [0.2, 0.25) is 0 Å². The third-order valence-corrected chi connectivity index (χ3v) is 3.38. The van der Waals surface area contributed by atoms with Crippen LogP contribution < -0.4 is 10.1 Å². The minimum Gasteiger partial charge on any atom is -0.404 e. The molecule has 0 fully saturated rings. The first-order valence-corrected chi connectivity index (χ1v) is 7.32. The van der Waals surface area contributed by atoms with Crippen molar-refractivity contribution in [2.45, 2.75) is 12.9 Å². The van der Waals surface area contributed by atoms with E-state index in [1.54, 1.807) is 24.4 Å². The maximum Gasteiger partial charge on any atom is 0.573 e. The highest BCUT2D eigenvalue weighted by Gasteiger charge is 2.32. The SMILES string of the molecule is FC(F)(F)Oc1cc(Br)ccc1NCc1ccc(Br)cn1. The lowest BCUT2D eigenvalue weighted by Gasteiger charge is -2.15. The number of alkyl halides is 3. The third-order valence-electron chi connectivity index (χ3n) is 2.42. The number of ether oxygens (including phenoxy) is 1. The molecule has 1 heterocycles. The summed E-state index contributed by atoms with van der Waals surface area (Å²) < 4.78 is 42.5. The summed E-state index contributed by atoms with van der Waals surface area (Å²) in [7, 11) is 0. The number of aromatic nitrogens is 1. The highest BCUT2D eigenvalue weighted by molar-refractivity contribution is 9.10.